The summed E-state index contributed by atoms with van der Waals surface area (Å²) in [7, 11) is 3.50. The molecule has 0 saturated heterocycles. The summed E-state index contributed by atoms with van der Waals surface area (Å²) in [6.07, 6.45) is 0.442. The summed E-state index contributed by atoms with van der Waals surface area (Å²) in [5, 5.41) is 0. The van der Waals surface area contributed by atoms with E-state index in [-0.39, 0.29) is 12.0 Å². The molecule has 0 amide bonds. The lowest BCUT2D eigenvalue weighted by atomic mass is 9.99. The zero-order valence-electron chi connectivity index (χ0n) is 11.7. The Bertz CT molecular complexity index is 362. The predicted octanol–water partition coefficient (Wildman–Crippen LogP) is 2.71. The second-order valence-electron chi connectivity index (χ2n) is 4.99. The van der Waals surface area contributed by atoms with E-state index in [0.717, 1.165) is 6.54 Å². The van der Waals surface area contributed by atoms with Crippen LogP contribution in [0.25, 0.3) is 0 Å². The van der Waals surface area contributed by atoms with Gasteiger partial charge in [-0.2, -0.15) is 0 Å². The lowest BCUT2D eigenvalue weighted by Gasteiger charge is -2.30. The van der Waals surface area contributed by atoms with Crippen molar-refractivity contribution in [3.8, 4) is 0 Å². The Kier molecular flexibility index (Phi) is 5.86. The maximum absolute atomic E-state index is 11.4. The van der Waals surface area contributed by atoms with E-state index in [1.54, 1.807) is 0 Å². The van der Waals surface area contributed by atoms with Gasteiger partial charge in [-0.05, 0) is 18.5 Å². The molecule has 3 nitrogen and oxygen atoms in total. The number of hydrogen-bond donors (Lipinski definition) is 0. The first kappa shape index (κ1) is 14.7. The van der Waals surface area contributed by atoms with Crippen molar-refractivity contribution >= 4 is 5.97 Å². The van der Waals surface area contributed by atoms with E-state index in [4.69, 9.17) is 4.74 Å². The largest absolute Gasteiger partial charge is 0.469 e. The maximum Gasteiger partial charge on any atom is 0.307 e. The molecule has 0 heterocycles. The van der Waals surface area contributed by atoms with Crippen molar-refractivity contribution in [2.45, 2.75) is 32.9 Å². The van der Waals surface area contributed by atoms with Crippen molar-refractivity contribution in [1.29, 1.82) is 0 Å². The molecule has 0 aromatic heterocycles. The van der Waals surface area contributed by atoms with E-state index in [1.807, 2.05) is 18.2 Å². The lowest BCUT2D eigenvalue weighted by molar-refractivity contribution is -0.142. The van der Waals surface area contributed by atoms with Gasteiger partial charge >= 0.3 is 5.97 Å². The smallest absolute Gasteiger partial charge is 0.307 e. The van der Waals surface area contributed by atoms with E-state index < -0.39 is 0 Å². The minimum Gasteiger partial charge on any atom is -0.469 e. The number of methoxy groups -OCH3 is 1. The van der Waals surface area contributed by atoms with Gasteiger partial charge in [0.15, 0.2) is 0 Å². The molecule has 0 bridgehead atoms. The molecule has 0 saturated carbocycles. The van der Waals surface area contributed by atoms with E-state index >= 15 is 0 Å². The number of esters is 1. The van der Waals surface area contributed by atoms with Gasteiger partial charge in [0.05, 0.1) is 13.5 Å². The molecule has 0 aliphatic heterocycles. The van der Waals surface area contributed by atoms with Crippen LogP contribution >= 0.6 is 0 Å². The Hall–Kier alpha value is -1.35. The van der Waals surface area contributed by atoms with E-state index in [0.29, 0.717) is 12.3 Å². The molecule has 1 aromatic rings. The quantitative estimate of drug-likeness (QED) is 0.726. The molecule has 18 heavy (non-hydrogen) atoms. The molecule has 1 rings (SSSR count). The first-order valence-electron chi connectivity index (χ1n) is 6.35. The Morgan fingerprint density at radius 1 is 1.28 bits per heavy atom. The molecule has 0 unspecified atom stereocenters. The van der Waals surface area contributed by atoms with Crippen LogP contribution in [0.15, 0.2) is 30.3 Å². The van der Waals surface area contributed by atoms with Gasteiger partial charge in [-0.15, -0.1) is 0 Å². The van der Waals surface area contributed by atoms with Gasteiger partial charge in [0.25, 0.3) is 0 Å². The lowest BCUT2D eigenvalue weighted by Crippen LogP contribution is -2.37. The van der Waals surface area contributed by atoms with Crippen LogP contribution in [0.4, 0.5) is 0 Å². The number of carbonyl (C=O) groups excluding carboxylic acids is 1. The normalized spacial score (nSPS) is 12.8. The van der Waals surface area contributed by atoms with Crippen LogP contribution in [0, 0.1) is 5.92 Å². The summed E-state index contributed by atoms with van der Waals surface area (Å²) in [6, 6.07) is 10.5. The van der Waals surface area contributed by atoms with Crippen LogP contribution in [0.5, 0.6) is 0 Å². The van der Waals surface area contributed by atoms with Crippen LogP contribution in [-0.4, -0.2) is 31.1 Å². The highest BCUT2D eigenvalue weighted by Gasteiger charge is 2.22. The first-order chi connectivity index (χ1) is 8.54. The van der Waals surface area contributed by atoms with Gasteiger partial charge in [-0.25, -0.2) is 0 Å². The molecular weight excluding hydrogens is 226 g/mol. The summed E-state index contributed by atoms with van der Waals surface area (Å²) in [4.78, 5) is 13.7. The molecule has 0 aliphatic carbocycles. The standard InChI is InChI=1S/C15H23NO2/c1-12(2)14(10-15(17)18-4)16(3)11-13-8-6-5-7-9-13/h5-9,12,14H,10-11H2,1-4H3/t14-/m0/s1. The number of benzene rings is 1. The molecule has 1 aromatic carbocycles. The minimum atomic E-state index is -0.145. The predicted molar refractivity (Wildman–Crippen MR) is 73.2 cm³/mol. The molecule has 0 fully saturated rings. The molecular formula is C15H23NO2. The van der Waals surface area contributed by atoms with Crippen molar-refractivity contribution in [3.05, 3.63) is 35.9 Å². The fourth-order valence-electron chi connectivity index (χ4n) is 2.14. The summed E-state index contributed by atoms with van der Waals surface area (Å²) in [6.45, 7) is 5.12. The monoisotopic (exact) mass is 249 g/mol. The van der Waals surface area contributed by atoms with Crippen molar-refractivity contribution in [2.24, 2.45) is 5.92 Å². The van der Waals surface area contributed by atoms with Gasteiger partial charge in [0.1, 0.15) is 0 Å². The highest BCUT2D eigenvalue weighted by molar-refractivity contribution is 5.69. The van der Waals surface area contributed by atoms with E-state index in [1.165, 1.54) is 12.7 Å². The number of carbonyl (C=O) groups is 1. The van der Waals surface area contributed by atoms with Crippen LogP contribution in [0.1, 0.15) is 25.8 Å². The third-order valence-corrected chi connectivity index (χ3v) is 3.21. The summed E-state index contributed by atoms with van der Waals surface area (Å²) in [5.41, 5.74) is 1.26. The second-order valence-corrected chi connectivity index (χ2v) is 4.99. The molecule has 3 heteroatoms. The third kappa shape index (κ3) is 4.49. The van der Waals surface area contributed by atoms with Gasteiger partial charge in [0, 0.05) is 12.6 Å². The zero-order chi connectivity index (χ0) is 13.5. The van der Waals surface area contributed by atoms with Gasteiger partial charge in [0.2, 0.25) is 0 Å². The van der Waals surface area contributed by atoms with Crippen LogP contribution in [0.2, 0.25) is 0 Å². The Morgan fingerprint density at radius 2 is 1.89 bits per heavy atom. The molecule has 0 aliphatic rings. The highest BCUT2D eigenvalue weighted by atomic mass is 16.5. The Labute approximate surface area is 110 Å². The molecule has 0 radical (unpaired) electrons. The van der Waals surface area contributed by atoms with Gasteiger partial charge in [-0.1, -0.05) is 44.2 Å². The average molecular weight is 249 g/mol. The van der Waals surface area contributed by atoms with Crippen LogP contribution < -0.4 is 0 Å². The topological polar surface area (TPSA) is 29.5 Å². The number of ether oxygens (including phenoxy) is 1. The second kappa shape index (κ2) is 7.17. The first-order valence-corrected chi connectivity index (χ1v) is 6.35. The third-order valence-electron chi connectivity index (χ3n) is 3.21. The average Bonchev–Trinajstić information content (AvgIpc) is 2.36. The Morgan fingerprint density at radius 3 is 2.39 bits per heavy atom. The molecule has 0 spiro atoms. The van der Waals surface area contributed by atoms with Crippen molar-refractivity contribution in [2.75, 3.05) is 14.2 Å². The number of hydrogen-bond acceptors (Lipinski definition) is 3. The van der Waals surface area contributed by atoms with Crippen molar-refractivity contribution < 1.29 is 9.53 Å². The highest BCUT2D eigenvalue weighted by Crippen LogP contribution is 2.16. The summed E-state index contributed by atoms with van der Waals surface area (Å²) >= 11 is 0. The minimum absolute atomic E-state index is 0.145. The maximum atomic E-state index is 11.4. The molecule has 100 valence electrons. The van der Waals surface area contributed by atoms with Crippen molar-refractivity contribution in [1.82, 2.24) is 4.90 Å². The van der Waals surface area contributed by atoms with Crippen molar-refractivity contribution in [3.63, 3.8) is 0 Å². The number of nitrogens with zero attached hydrogens (tertiary/aromatic N) is 1. The fourth-order valence-corrected chi connectivity index (χ4v) is 2.14. The molecule has 0 N–H and O–H groups in total. The van der Waals surface area contributed by atoms with Crippen LogP contribution in [0.3, 0.4) is 0 Å². The Balaban J connectivity index is 2.65. The fraction of sp³-hybridized carbons (Fsp3) is 0.533. The molecule has 1 atom stereocenters. The summed E-state index contributed by atoms with van der Waals surface area (Å²) in [5.74, 6) is 0.270. The summed E-state index contributed by atoms with van der Waals surface area (Å²) < 4.78 is 4.77. The SMILES string of the molecule is COC(=O)C[C@@H](C(C)C)N(C)Cc1ccccc1. The van der Waals surface area contributed by atoms with Crippen LogP contribution in [-0.2, 0) is 16.1 Å². The zero-order valence-corrected chi connectivity index (χ0v) is 11.7. The van der Waals surface area contributed by atoms with Gasteiger partial charge < -0.3 is 4.74 Å². The van der Waals surface area contributed by atoms with E-state index in [2.05, 4.69) is 37.9 Å². The van der Waals surface area contributed by atoms with E-state index in [9.17, 15) is 4.79 Å². The number of rotatable bonds is 6. The van der Waals surface area contributed by atoms with Gasteiger partial charge in [-0.3, -0.25) is 9.69 Å².